The van der Waals surface area contributed by atoms with Crippen LogP contribution < -0.4 is 10.6 Å². The lowest BCUT2D eigenvalue weighted by Crippen LogP contribution is -2.48. The van der Waals surface area contributed by atoms with Gasteiger partial charge in [0.15, 0.2) is 5.72 Å². The molecule has 0 aliphatic heterocycles. The Balaban J connectivity index is 1.58. The van der Waals surface area contributed by atoms with Gasteiger partial charge >= 0.3 is 0 Å². The SMILES string of the molecule is Cc1nc(NC(C)C2CC2)nc(NC2(O)CCC(CO)C2O)c1-c1nc2c(C)nccc2s1. The van der Waals surface area contributed by atoms with Crippen LogP contribution in [-0.4, -0.2) is 59.7 Å². The molecule has 0 aromatic carbocycles. The molecule has 4 unspecified atom stereocenters. The highest BCUT2D eigenvalue weighted by Gasteiger charge is 2.47. The topological polar surface area (TPSA) is 136 Å². The molecule has 5 N–H and O–H groups in total. The normalized spacial score (nSPS) is 26.0. The van der Waals surface area contributed by atoms with Crippen LogP contribution in [0.5, 0.6) is 0 Å². The van der Waals surface area contributed by atoms with E-state index in [1.165, 1.54) is 24.2 Å². The van der Waals surface area contributed by atoms with Crippen LogP contribution in [0, 0.1) is 25.7 Å². The average Bonchev–Trinajstić information content (AvgIpc) is 3.47. The first-order valence-electron chi connectivity index (χ1n) is 11.5. The van der Waals surface area contributed by atoms with Gasteiger partial charge in [0, 0.05) is 24.8 Å². The quantitative estimate of drug-likeness (QED) is 0.330. The van der Waals surface area contributed by atoms with E-state index in [1.54, 1.807) is 6.20 Å². The zero-order valence-electron chi connectivity index (χ0n) is 19.0. The van der Waals surface area contributed by atoms with Gasteiger partial charge in [-0.2, -0.15) is 4.98 Å². The number of rotatable bonds is 7. The molecule has 10 heteroatoms. The van der Waals surface area contributed by atoms with Crippen molar-refractivity contribution in [2.75, 3.05) is 17.2 Å². The van der Waals surface area contributed by atoms with Gasteiger partial charge in [0.1, 0.15) is 22.4 Å². The maximum atomic E-state index is 11.3. The number of aromatic nitrogens is 4. The van der Waals surface area contributed by atoms with Gasteiger partial charge in [-0.1, -0.05) is 0 Å². The van der Waals surface area contributed by atoms with Crippen LogP contribution in [0.2, 0.25) is 0 Å². The highest BCUT2D eigenvalue weighted by atomic mass is 32.1. The van der Waals surface area contributed by atoms with Crippen LogP contribution in [-0.2, 0) is 0 Å². The highest BCUT2D eigenvalue weighted by molar-refractivity contribution is 7.21. The Labute approximate surface area is 196 Å². The van der Waals surface area contributed by atoms with Crippen LogP contribution in [0.1, 0.15) is 44.0 Å². The standard InChI is InChI=1S/C23H30N6O3S/c1-11(14-4-5-14)25-22-26-12(2)17(21-27-18-13(3)24-9-7-16(18)33-21)20(28-22)29-23(32)8-6-15(10-30)19(23)31/h7,9,11,14-15,19,30-32H,4-6,8,10H2,1-3H3,(H2,25,26,28,29). The Hall–Kier alpha value is -2.40. The van der Waals surface area contributed by atoms with Crippen molar-refractivity contribution in [2.24, 2.45) is 11.8 Å². The largest absolute Gasteiger partial charge is 0.396 e. The first-order chi connectivity index (χ1) is 15.8. The van der Waals surface area contributed by atoms with Gasteiger partial charge < -0.3 is 26.0 Å². The molecule has 0 saturated heterocycles. The maximum Gasteiger partial charge on any atom is 0.225 e. The molecule has 0 radical (unpaired) electrons. The number of hydrogen-bond acceptors (Lipinski definition) is 10. The van der Waals surface area contributed by atoms with Crippen LogP contribution in [0.15, 0.2) is 12.3 Å². The predicted octanol–water partition coefficient (Wildman–Crippen LogP) is 2.84. The van der Waals surface area contributed by atoms with Gasteiger partial charge in [-0.3, -0.25) is 4.98 Å². The molecule has 3 aromatic rings. The molecule has 3 heterocycles. The summed E-state index contributed by atoms with van der Waals surface area (Å²) in [6, 6.07) is 2.18. The molecule has 9 nitrogen and oxygen atoms in total. The summed E-state index contributed by atoms with van der Waals surface area (Å²) in [5.74, 6) is 1.12. The van der Waals surface area contributed by atoms with E-state index in [-0.39, 0.29) is 12.6 Å². The first-order valence-corrected chi connectivity index (χ1v) is 12.3. The molecule has 176 valence electrons. The second-order valence-corrected chi connectivity index (χ2v) is 10.4. The van der Waals surface area contributed by atoms with Gasteiger partial charge in [-0.25, -0.2) is 9.97 Å². The Morgan fingerprint density at radius 3 is 2.64 bits per heavy atom. The molecular formula is C23H30N6O3S. The number of pyridine rings is 1. The van der Waals surface area contributed by atoms with Crippen LogP contribution in [0.25, 0.3) is 20.8 Å². The third-order valence-corrected chi connectivity index (χ3v) is 7.92. The lowest BCUT2D eigenvalue weighted by molar-refractivity contribution is -0.0545. The van der Waals surface area contributed by atoms with Crippen LogP contribution >= 0.6 is 11.3 Å². The monoisotopic (exact) mass is 470 g/mol. The van der Waals surface area contributed by atoms with Crippen LogP contribution in [0.4, 0.5) is 11.8 Å². The molecule has 0 amide bonds. The summed E-state index contributed by atoms with van der Waals surface area (Å²) in [5.41, 5.74) is 1.48. The van der Waals surface area contributed by atoms with E-state index in [4.69, 9.17) is 15.0 Å². The summed E-state index contributed by atoms with van der Waals surface area (Å²) in [6.07, 6.45) is 3.85. The van der Waals surface area contributed by atoms with Crippen molar-refractivity contribution in [3.8, 4) is 10.6 Å². The van der Waals surface area contributed by atoms with Gasteiger partial charge in [0.25, 0.3) is 0 Å². The Morgan fingerprint density at radius 2 is 1.97 bits per heavy atom. The number of nitrogens with one attached hydrogen (secondary N) is 2. The van der Waals surface area contributed by atoms with Crippen molar-refractivity contribution in [3.05, 3.63) is 23.7 Å². The van der Waals surface area contributed by atoms with E-state index in [1.807, 2.05) is 19.9 Å². The number of aliphatic hydroxyl groups is 3. The number of fused-ring (bicyclic) bond motifs is 1. The summed E-state index contributed by atoms with van der Waals surface area (Å²) in [6.45, 7) is 5.77. The number of hydrogen-bond donors (Lipinski definition) is 5. The first kappa shape index (κ1) is 22.4. The maximum absolute atomic E-state index is 11.3. The van der Waals surface area contributed by atoms with Crippen molar-refractivity contribution >= 4 is 33.3 Å². The van der Waals surface area contributed by atoms with E-state index in [0.717, 1.165) is 26.6 Å². The van der Waals surface area contributed by atoms with Crippen molar-refractivity contribution in [1.29, 1.82) is 0 Å². The third-order valence-electron chi connectivity index (χ3n) is 6.88. The second-order valence-electron chi connectivity index (χ2n) is 9.36. The fraction of sp³-hybridized carbons (Fsp3) is 0.565. The molecule has 2 fully saturated rings. The molecule has 5 rings (SSSR count). The third kappa shape index (κ3) is 4.16. The molecule has 3 aromatic heterocycles. The fourth-order valence-corrected chi connectivity index (χ4v) is 5.73. The molecule has 4 atom stereocenters. The molecule has 2 saturated carbocycles. The van der Waals surface area contributed by atoms with Gasteiger partial charge in [-0.05, 0) is 58.4 Å². The number of nitrogens with zero attached hydrogens (tertiary/aromatic N) is 4. The van der Waals surface area contributed by atoms with Crippen molar-refractivity contribution in [2.45, 2.75) is 64.3 Å². The summed E-state index contributed by atoms with van der Waals surface area (Å²) in [4.78, 5) is 18.6. The Bertz CT molecular complexity index is 1180. The smallest absolute Gasteiger partial charge is 0.225 e. The second kappa shape index (κ2) is 8.43. The molecule has 2 aliphatic rings. The fourth-order valence-electron chi connectivity index (χ4n) is 4.62. The number of anilines is 2. The average molecular weight is 471 g/mol. The summed E-state index contributed by atoms with van der Waals surface area (Å²) < 4.78 is 1.01. The zero-order valence-corrected chi connectivity index (χ0v) is 19.9. The minimum Gasteiger partial charge on any atom is -0.396 e. The van der Waals surface area contributed by atoms with Gasteiger partial charge in [-0.15, -0.1) is 11.3 Å². The number of aryl methyl sites for hydroxylation is 2. The molecular weight excluding hydrogens is 440 g/mol. The van der Waals surface area contributed by atoms with E-state index in [2.05, 4.69) is 22.5 Å². The van der Waals surface area contributed by atoms with Crippen molar-refractivity contribution in [1.82, 2.24) is 19.9 Å². The van der Waals surface area contributed by atoms with Gasteiger partial charge in [0.05, 0.1) is 21.7 Å². The van der Waals surface area contributed by atoms with Gasteiger partial charge in [0.2, 0.25) is 5.95 Å². The summed E-state index contributed by atoms with van der Waals surface area (Å²) in [7, 11) is 0. The van der Waals surface area contributed by atoms with Crippen molar-refractivity contribution in [3.63, 3.8) is 0 Å². The minimum atomic E-state index is -1.60. The lowest BCUT2D eigenvalue weighted by Gasteiger charge is -2.31. The molecule has 0 bridgehead atoms. The van der Waals surface area contributed by atoms with E-state index >= 15 is 0 Å². The van der Waals surface area contributed by atoms with Crippen molar-refractivity contribution < 1.29 is 15.3 Å². The molecule has 0 spiro atoms. The molecule has 2 aliphatic carbocycles. The zero-order chi connectivity index (χ0) is 23.3. The van der Waals surface area contributed by atoms with Crippen LogP contribution in [0.3, 0.4) is 0 Å². The number of aliphatic hydroxyl groups excluding tert-OH is 2. The minimum absolute atomic E-state index is 0.184. The molecule has 33 heavy (non-hydrogen) atoms. The summed E-state index contributed by atoms with van der Waals surface area (Å²) in [5, 5.41) is 38.7. The van der Waals surface area contributed by atoms with E-state index in [9.17, 15) is 15.3 Å². The van der Waals surface area contributed by atoms with E-state index < -0.39 is 17.7 Å². The lowest BCUT2D eigenvalue weighted by atomic mass is 10.0. The number of thiazole rings is 1. The Morgan fingerprint density at radius 1 is 1.18 bits per heavy atom. The highest BCUT2D eigenvalue weighted by Crippen LogP contribution is 2.41. The Kier molecular flexibility index (Phi) is 5.72. The van der Waals surface area contributed by atoms with E-state index in [0.29, 0.717) is 36.1 Å². The predicted molar refractivity (Wildman–Crippen MR) is 128 cm³/mol. The summed E-state index contributed by atoms with van der Waals surface area (Å²) >= 11 is 1.51.